The van der Waals surface area contributed by atoms with Gasteiger partial charge in [0.05, 0.1) is 5.41 Å². The molecule has 0 aromatic carbocycles. The lowest BCUT2D eigenvalue weighted by molar-refractivity contribution is -0.139. The van der Waals surface area contributed by atoms with Gasteiger partial charge in [-0.3, -0.25) is 4.79 Å². The van der Waals surface area contributed by atoms with E-state index in [1.54, 1.807) is 4.90 Å². The van der Waals surface area contributed by atoms with Gasteiger partial charge in [-0.25, -0.2) is 0 Å². The molecule has 0 radical (unpaired) electrons. The highest BCUT2D eigenvalue weighted by atomic mass is 35.5. The number of hydrogen-bond donors (Lipinski definition) is 1. The molecule has 84 valence electrons. The van der Waals surface area contributed by atoms with Gasteiger partial charge in [-0.15, -0.1) is 11.6 Å². The van der Waals surface area contributed by atoms with Gasteiger partial charge in [0.2, 0.25) is 5.91 Å². The fraction of sp³-hybridized carbons (Fsp3) is 0.900. The number of rotatable bonds is 6. The maximum Gasteiger partial charge on any atom is 0.229 e. The molecule has 0 aromatic heterocycles. The summed E-state index contributed by atoms with van der Waals surface area (Å²) in [7, 11) is 0. The van der Waals surface area contributed by atoms with Crippen molar-refractivity contribution in [1.82, 2.24) is 4.90 Å². The van der Waals surface area contributed by atoms with E-state index >= 15 is 0 Å². The second-order valence-corrected chi connectivity index (χ2v) is 4.25. The zero-order chi connectivity index (χ0) is 11.2. The highest BCUT2D eigenvalue weighted by Gasteiger charge is 2.30. The van der Waals surface area contributed by atoms with E-state index in [0.717, 1.165) is 0 Å². The second kappa shape index (κ2) is 6.25. The highest BCUT2D eigenvalue weighted by Crippen LogP contribution is 2.20. The van der Waals surface area contributed by atoms with Crippen molar-refractivity contribution in [3.05, 3.63) is 0 Å². The van der Waals surface area contributed by atoms with Crippen molar-refractivity contribution < 1.29 is 9.90 Å². The van der Waals surface area contributed by atoms with Crippen LogP contribution in [0.3, 0.4) is 0 Å². The van der Waals surface area contributed by atoms with Gasteiger partial charge in [0.1, 0.15) is 0 Å². The van der Waals surface area contributed by atoms with Crippen molar-refractivity contribution in [3.8, 4) is 0 Å². The molecule has 0 unspecified atom stereocenters. The molecule has 0 bridgehead atoms. The maximum atomic E-state index is 11.9. The van der Waals surface area contributed by atoms with Crippen LogP contribution in [-0.2, 0) is 4.79 Å². The first-order chi connectivity index (χ1) is 6.49. The highest BCUT2D eigenvalue weighted by molar-refractivity contribution is 6.19. The van der Waals surface area contributed by atoms with Crippen LogP contribution >= 0.6 is 11.6 Å². The predicted molar refractivity (Wildman–Crippen MR) is 58.5 cm³/mol. The van der Waals surface area contributed by atoms with E-state index in [1.807, 2.05) is 20.8 Å². The van der Waals surface area contributed by atoms with Crippen molar-refractivity contribution in [2.24, 2.45) is 5.41 Å². The molecule has 0 saturated heterocycles. The molecule has 3 nitrogen and oxygen atoms in total. The normalized spacial score (nSPS) is 11.5. The first-order valence-corrected chi connectivity index (χ1v) is 5.49. The number of aliphatic hydroxyl groups excluding tert-OH is 1. The summed E-state index contributed by atoms with van der Waals surface area (Å²) >= 11 is 5.73. The number of amides is 1. The summed E-state index contributed by atoms with van der Waals surface area (Å²) in [6.45, 7) is 6.99. The van der Waals surface area contributed by atoms with E-state index in [2.05, 4.69) is 0 Å². The van der Waals surface area contributed by atoms with E-state index < -0.39 is 5.41 Å². The summed E-state index contributed by atoms with van der Waals surface area (Å²) in [5.74, 6) is 0.380. The minimum Gasteiger partial charge on any atom is -0.396 e. The molecule has 0 aliphatic heterocycles. The lowest BCUT2D eigenvalue weighted by Gasteiger charge is -2.29. The van der Waals surface area contributed by atoms with Gasteiger partial charge in [0.25, 0.3) is 0 Å². The third-order valence-electron chi connectivity index (χ3n) is 2.17. The van der Waals surface area contributed by atoms with E-state index in [1.165, 1.54) is 0 Å². The molecule has 0 heterocycles. The molecule has 0 spiro atoms. The third kappa shape index (κ3) is 3.84. The average Bonchev–Trinajstić information content (AvgIpc) is 2.18. The van der Waals surface area contributed by atoms with Gasteiger partial charge in [0, 0.05) is 25.6 Å². The first kappa shape index (κ1) is 13.7. The van der Waals surface area contributed by atoms with Crippen molar-refractivity contribution in [2.75, 3.05) is 25.6 Å². The number of nitrogens with zero attached hydrogens (tertiary/aromatic N) is 1. The molecule has 1 amide bonds. The molecule has 0 aliphatic rings. The van der Waals surface area contributed by atoms with E-state index in [9.17, 15) is 4.79 Å². The second-order valence-electron chi connectivity index (χ2n) is 3.98. The molecule has 1 N–H and O–H groups in total. The number of halogens is 1. The predicted octanol–water partition coefficient (Wildman–Crippen LogP) is 1.48. The summed E-state index contributed by atoms with van der Waals surface area (Å²) in [5.41, 5.74) is -0.507. The Balaban J connectivity index is 4.30. The van der Waals surface area contributed by atoms with Crippen LogP contribution in [0.25, 0.3) is 0 Å². The fourth-order valence-electron chi connectivity index (χ4n) is 1.15. The van der Waals surface area contributed by atoms with Crippen molar-refractivity contribution in [2.45, 2.75) is 27.2 Å². The maximum absolute atomic E-state index is 11.9. The van der Waals surface area contributed by atoms with Gasteiger partial charge in [-0.05, 0) is 27.2 Å². The lowest BCUT2D eigenvalue weighted by atomic mass is 9.94. The Kier molecular flexibility index (Phi) is 6.12. The van der Waals surface area contributed by atoms with E-state index in [4.69, 9.17) is 16.7 Å². The Labute approximate surface area is 91.0 Å². The van der Waals surface area contributed by atoms with Crippen molar-refractivity contribution in [1.29, 1.82) is 0 Å². The minimum atomic E-state index is -0.507. The molecule has 0 fully saturated rings. The third-order valence-corrected chi connectivity index (χ3v) is 2.84. The molecule has 0 saturated carbocycles. The van der Waals surface area contributed by atoms with Gasteiger partial charge < -0.3 is 10.0 Å². The number of carbonyl (C=O) groups excluding carboxylic acids is 1. The summed E-state index contributed by atoms with van der Waals surface area (Å²) in [6, 6.07) is 0. The largest absolute Gasteiger partial charge is 0.396 e. The molecular formula is C10H20ClNO2. The van der Waals surface area contributed by atoms with Gasteiger partial charge in [-0.1, -0.05) is 0 Å². The number of hydrogen-bond acceptors (Lipinski definition) is 2. The molecule has 0 rings (SSSR count). The van der Waals surface area contributed by atoms with Crippen LogP contribution in [0.5, 0.6) is 0 Å². The van der Waals surface area contributed by atoms with Crippen LogP contribution in [0.2, 0.25) is 0 Å². The van der Waals surface area contributed by atoms with Crippen LogP contribution < -0.4 is 0 Å². The zero-order valence-corrected chi connectivity index (χ0v) is 9.97. The van der Waals surface area contributed by atoms with Crippen LogP contribution in [0.1, 0.15) is 27.2 Å². The number of aliphatic hydroxyl groups is 1. The smallest absolute Gasteiger partial charge is 0.229 e. The molecule has 4 heteroatoms. The summed E-state index contributed by atoms with van der Waals surface area (Å²) in [6.07, 6.45) is 0.623. The van der Waals surface area contributed by atoms with Crippen LogP contribution in [0, 0.1) is 5.41 Å². The summed E-state index contributed by atoms with van der Waals surface area (Å²) in [5, 5.41) is 8.69. The molecule has 0 atom stereocenters. The molecular weight excluding hydrogens is 202 g/mol. The van der Waals surface area contributed by atoms with Crippen LogP contribution in [0.15, 0.2) is 0 Å². The van der Waals surface area contributed by atoms with Crippen LogP contribution in [0.4, 0.5) is 0 Å². The Morgan fingerprint density at radius 2 is 2.07 bits per heavy atom. The van der Waals surface area contributed by atoms with Crippen LogP contribution in [-0.4, -0.2) is 41.5 Å². The SMILES string of the molecule is CCN(CCCO)C(=O)C(C)(C)CCl. The Morgan fingerprint density at radius 1 is 1.50 bits per heavy atom. The number of carbonyl (C=O) groups is 1. The van der Waals surface area contributed by atoms with Crippen molar-refractivity contribution in [3.63, 3.8) is 0 Å². The number of alkyl halides is 1. The monoisotopic (exact) mass is 221 g/mol. The average molecular weight is 222 g/mol. The molecule has 14 heavy (non-hydrogen) atoms. The van der Waals surface area contributed by atoms with Gasteiger partial charge in [-0.2, -0.15) is 0 Å². The standard InChI is InChI=1S/C10H20ClNO2/c1-4-12(6-5-7-13)9(14)10(2,3)8-11/h13H,4-8H2,1-3H3. The Morgan fingerprint density at radius 3 is 2.43 bits per heavy atom. The van der Waals surface area contributed by atoms with Crippen molar-refractivity contribution >= 4 is 17.5 Å². The topological polar surface area (TPSA) is 40.5 Å². The summed E-state index contributed by atoms with van der Waals surface area (Å²) < 4.78 is 0. The van der Waals surface area contributed by atoms with Gasteiger partial charge in [0.15, 0.2) is 0 Å². The quantitative estimate of drug-likeness (QED) is 0.691. The van der Waals surface area contributed by atoms with E-state index in [-0.39, 0.29) is 12.5 Å². The van der Waals surface area contributed by atoms with Gasteiger partial charge >= 0.3 is 0 Å². The molecule has 0 aromatic rings. The first-order valence-electron chi connectivity index (χ1n) is 4.95. The summed E-state index contributed by atoms with van der Waals surface area (Å²) in [4.78, 5) is 13.6. The lowest BCUT2D eigenvalue weighted by Crippen LogP contribution is -2.42. The Bertz CT molecular complexity index is 183. The van der Waals surface area contributed by atoms with E-state index in [0.29, 0.717) is 25.4 Å². The fourth-order valence-corrected chi connectivity index (χ4v) is 1.26. The zero-order valence-electron chi connectivity index (χ0n) is 9.22. The Hall–Kier alpha value is -0.280. The molecule has 0 aliphatic carbocycles. The minimum absolute atomic E-state index is 0.0588.